The van der Waals surface area contributed by atoms with Crippen molar-refractivity contribution in [2.75, 3.05) is 5.32 Å². The largest absolute Gasteiger partial charge is 0.478 e. The molecule has 0 aliphatic heterocycles. The molecule has 1 rings (SSSR count). The Labute approximate surface area is 120 Å². The predicted octanol–water partition coefficient (Wildman–Crippen LogP) is 2.60. The van der Waals surface area contributed by atoms with Crippen molar-refractivity contribution in [3.05, 3.63) is 28.2 Å². The highest BCUT2D eigenvalue weighted by atomic mass is 79.9. The van der Waals surface area contributed by atoms with Crippen molar-refractivity contribution in [1.82, 2.24) is 0 Å². The summed E-state index contributed by atoms with van der Waals surface area (Å²) in [6.07, 6.45) is 1.01. The topological polar surface area (TPSA) is 92.4 Å². The number of hydrogen-bond donors (Lipinski definition) is 3. The molecular formula is C13H17BrN2O3. The molecule has 1 amide bonds. The quantitative estimate of drug-likeness (QED) is 0.774. The minimum Gasteiger partial charge on any atom is -0.478 e. The number of nitrogens with one attached hydrogen (secondary N) is 1. The SMILES string of the molecule is CCC(N)(CC)C(=O)Nc1cc(C(=O)O)ccc1Br. The van der Waals surface area contributed by atoms with Gasteiger partial charge in [0.15, 0.2) is 0 Å². The van der Waals surface area contributed by atoms with Crippen LogP contribution in [0, 0.1) is 0 Å². The van der Waals surface area contributed by atoms with Crippen molar-refractivity contribution in [1.29, 1.82) is 0 Å². The van der Waals surface area contributed by atoms with E-state index in [2.05, 4.69) is 21.2 Å². The van der Waals surface area contributed by atoms with Gasteiger partial charge in [0.05, 0.1) is 16.8 Å². The van der Waals surface area contributed by atoms with E-state index in [1.165, 1.54) is 12.1 Å². The number of hydrogen-bond acceptors (Lipinski definition) is 3. The highest BCUT2D eigenvalue weighted by Gasteiger charge is 2.30. The maximum atomic E-state index is 12.1. The first-order valence-corrected chi connectivity index (χ1v) is 6.76. The van der Waals surface area contributed by atoms with Crippen LogP contribution in [0.25, 0.3) is 0 Å². The number of nitrogens with two attached hydrogens (primary N) is 1. The predicted molar refractivity (Wildman–Crippen MR) is 77.2 cm³/mol. The van der Waals surface area contributed by atoms with Crippen LogP contribution in [-0.4, -0.2) is 22.5 Å². The Bertz CT molecular complexity index is 499. The van der Waals surface area contributed by atoms with Crippen LogP contribution >= 0.6 is 15.9 Å². The van der Waals surface area contributed by atoms with Crippen LogP contribution in [0.15, 0.2) is 22.7 Å². The van der Waals surface area contributed by atoms with Crippen LogP contribution in [0.2, 0.25) is 0 Å². The molecule has 0 aliphatic rings. The first-order valence-electron chi connectivity index (χ1n) is 5.97. The van der Waals surface area contributed by atoms with Crippen molar-refractivity contribution in [2.45, 2.75) is 32.2 Å². The van der Waals surface area contributed by atoms with E-state index in [0.717, 1.165) is 0 Å². The smallest absolute Gasteiger partial charge is 0.335 e. The average molecular weight is 329 g/mol. The van der Waals surface area contributed by atoms with Gasteiger partial charge in [-0.15, -0.1) is 0 Å². The third-order valence-electron chi connectivity index (χ3n) is 3.18. The van der Waals surface area contributed by atoms with Crippen LogP contribution in [-0.2, 0) is 4.79 Å². The van der Waals surface area contributed by atoms with Gasteiger partial charge < -0.3 is 16.2 Å². The number of halogens is 1. The summed E-state index contributed by atoms with van der Waals surface area (Å²) in [5.41, 5.74) is 5.56. The molecule has 4 N–H and O–H groups in total. The Kier molecular flexibility index (Phi) is 5.08. The third kappa shape index (κ3) is 3.54. The summed E-state index contributed by atoms with van der Waals surface area (Å²) < 4.78 is 0.611. The van der Waals surface area contributed by atoms with Gasteiger partial charge in [0.2, 0.25) is 5.91 Å². The van der Waals surface area contributed by atoms with Gasteiger partial charge in [-0.1, -0.05) is 13.8 Å². The number of carboxylic acid groups (broad SMARTS) is 1. The second-order valence-electron chi connectivity index (χ2n) is 4.32. The standard InChI is InChI=1S/C13H17BrN2O3/c1-3-13(15,4-2)12(19)16-10-7-8(11(17)18)5-6-9(10)14/h5-7H,3-4,15H2,1-2H3,(H,16,19)(H,17,18). The summed E-state index contributed by atoms with van der Waals surface area (Å²) in [4.78, 5) is 23.0. The summed E-state index contributed by atoms with van der Waals surface area (Å²) in [7, 11) is 0. The number of benzene rings is 1. The first-order chi connectivity index (χ1) is 8.84. The molecule has 0 saturated carbocycles. The fourth-order valence-electron chi connectivity index (χ4n) is 1.57. The lowest BCUT2D eigenvalue weighted by molar-refractivity contribution is -0.121. The lowest BCUT2D eigenvalue weighted by Crippen LogP contribution is -2.50. The molecule has 1 aromatic carbocycles. The van der Waals surface area contributed by atoms with Crippen molar-refractivity contribution < 1.29 is 14.7 Å². The Morgan fingerprint density at radius 1 is 1.37 bits per heavy atom. The molecular weight excluding hydrogens is 312 g/mol. The van der Waals surface area contributed by atoms with Gasteiger partial charge >= 0.3 is 5.97 Å². The van der Waals surface area contributed by atoms with Crippen LogP contribution in [0.4, 0.5) is 5.69 Å². The molecule has 19 heavy (non-hydrogen) atoms. The van der Waals surface area contributed by atoms with E-state index < -0.39 is 11.5 Å². The number of amides is 1. The van der Waals surface area contributed by atoms with Gasteiger partial charge in [-0.05, 0) is 47.0 Å². The molecule has 1 aromatic rings. The molecule has 5 nitrogen and oxygen atoms in total. The van der Waals surface area contributed by atoms with E-state index in [1.54, 1.807) is 6.07 Å². The number of rotatable bonds is 5. The second kappa shape index (κ2) is 6.16. The van der Waals surface area contributed by atoms with Gasteiger partial charge in [-0.3, -0.25) is 4.79 Å². The average Bonchev–Trinajstić information content (AvgIpc) is 2.39. The normalized spacial score (nSPS) is 11.2. The highest BCUT2D eigenvalue weighted by molar-refractivity contribution is 9.10. The molecule has 6 heteroatoms. The Hall–Kier alpha value is -1.40. The Morgan fingerprint density at radius 3 is 2.42 bits per heavy atom. The number of carbonyl (C=O) groups is 2. The maximum absolute atomic E-state index is 12.1. The zero-order valence-electron chi connectivity index (χ0n) is 10.9. The maximum Gasteiger partial charge on any atom is 0.335 e. The minimum atomic E-state index is -1.05. The Morgan fingerprint density at radius 2 is 1.95 bits per heavy atom. The molecule has 0 heterocycles. The second-order valence-corrected chi connectivity index (χ2v) is 5.17. The van der Waals surface area contributed by atoms with E-state index >= 15 is 0 Å². The fourth-order valence-corrected chi connectivity index (χ4v) is 1.92. The van der Waals surface area contributed by atoms with Gasteiger partial charge in [-0.2, -0.15) is 0 Å². The molecule has 0 spiro atoms. The summed E-state index contributed by atoms with van der Waals surface area (Å²) in [5.74, 6) is -1.37. The van der Waals surface area contributed by atoms with Gasteiger partial charge in [0, 0.05) is 4.47 Å². The van der Waals surface area contributed by atoms with Crippen molar-refractivity contribution >= 4 is 33.5 Å². The lowest BCUT2D eigenvalue weighted by Gasteiger charge is -2.25. The first kappa shape index (κ1) is 15.7. The molecule has 0 aliphatic carbocycles. The zero-order valence-corrected chi connectivity index (χ0v) is 12.5. The monoisotopic (exact) mass is 328 g/mol. The van der Waals surface area contributed by atoms with E-state index in [1.807, 2.05) is 13.8 Å². The van der Waals surface area contributed by atoms with Crippen molar-refractivity contribution in [3.8, 4) is 0 Å². The lowest BCUT2D eigenvalue weighted by atomic mass is 9.93. The van der Waals surface area contributed by atoms with Crippen molar-refractivity contribution in [3.63, 3.8) is 0 Å². The molecule has 0 atom stereocenters. The molecule has 0 bridgehead atoms. The van der Waals surface area contributed by atoms with Crippen LogP contribution < -0.4 is 11.1 Å². The molecule has 0 saturated heterocycles. The fraction of sp³-hybridized carbons (Fsp3) is 0.385. The molecule has 0 radical (unpaired) electrons. The highest BCUT2D eigenvalue weighted by Crippen LogP contribution is 2.25. The summed E-state index contributed by atoms with van der Waals surface area (Å²) in [6, 6.07) is 4.43. The van der Waals surface area contributed by atoms with Crippen LogP contribution in [0.3, 0.4) is 0 Å². The molecule has 0 aromatic heterocycles. The minimum absolute atomic E-state index is 0.106. The number of anilines is 1. The third-order valence-corrected chi connectivity index (χ3v) is 3.87. The number of carboxylic acids is 1. The van der Waals surface area contributed by atoms with Crippen LogP contribution in [0.1, 0.15) is 37.0 Å². The van der Waals surface area contributed by atoms with Crippen molar-refractivity contribution in [2.24, 2.45) is 5.73 Å². The zero-order chi connectivity index (χ0) is 14.6. The summed E-state index contributed by atoms with van der Waals surface area (Å²) in [5, 5.41) is 11.6. The molecule has 104 valence electrons. The van der Waals surface area contributed by atoms with E-state index in [4.69, 9.17) is 10.8 Å². The molecule has 0 unspecified atom stereocenters. The van der Waals surface area contributed by atoms with E-state index in [0.29, 0.717) is 23.0 Å². The summed E-state index contributed by atoms with van der Waals surface area (Å²) in [6.45, 7) is 3.68. The molecule has 0 fully saturated rings. The number of aromatic carboxylic acids is 1. The number of carbonyl (C=O) groups excluding carboxylic acids is 1. The van der Waals surface area contributed by atoms with Gasteiger partial charge in [0.1, 0.15) is 0 Å². The van der Waals surface area contributed by atoms with E-state index in [9.17, 15) is 9.59 Å². The van der Waals surface area contributed by atoms with E-state index in [-0.39, 0.29) is 11.5 Å². The van der Waals surface area contributed by atoms with Gasteiger partial charge in [0.25, 0.3) is 0 Å². The van der Waals surface area contributed by atoms with Crippen LogP contribution in [0.5, 0.6) is 0 Å². The Balaban J connectivity index is 3.02. The summed E-state index contributed by atoms with van der Waals surface area (Å²) >= 11 is 3.27. The van der Waals surface area contributed by atoms with Gasteiger partial charge in [-0.25, -0.2) is 4.79 Å².